The van der Waals surface area contributed by atoms with Gasteiger partial charge in [0.15, 0.2) is 5.58 Å². The van der Waals surface area contributed by atoms with Gasteiger partial charge >= 0.3 is 0 Å². The zero-order valence-corrected chi connectivity index (χ0v) is 10.0. The normalized spacial score (nSPS) is 22.1. The summed E-state index contributed by atoms with van der Waals surface area (Å²) < 4.78 is 5.42. The second-order valence-corrected chi connectivity index (χ2v) is 4.50. The molecule has 90 valence electrons. The molecule has 2 aromatic heterocycles. The summed E-state index contributed by atoms with van der Waals surface area (Å²) in [7, 11) is 1.98. The summed E-state index contributed by atoms with van der Waals surface area (Å²) in [6.45, 7) is 1.09. The highest BCUT2D eigenvalue weighted by Crippen LogP contribution is 2.30. The van der Waals surface area contributed by atoms with Crippen molar-refractivity contribution in [3.05, 3.63) is 30.2 Å². The van der Waals surface area contributed by atoms with E-state index in [9.17, 15) is 0 Å². The highest BCUT2D eigenvalue weighted by Gasteiger charge is 2.23. The summed E-state index contributed by atoms with van der Waals surface area (Å²) in [5.74, 6) is 0. The zero-order chi connectivity index (χ0) is 11.7. The zero-order valence-electron chi connectivity index (χ0n) is 10.0. The third-order valence-electron chi connectivity index (χ3n) is 3.50. The summed E-state index contributed by atoms with van der Waals surface area (Å²) in [6.07, 6.45) is 7.37. The molecule has 4 nitrogen and oxygen atoms in total. The Morgan fingerprint density at radius 3 is 3.29 bits per heavy atom. The van der Waals surface area contributed by atoms with E-state index in [2.05, 4.69) is 21.5 Å². The van der Waals surface area contributed by atoms with Gasteiger partial charge in [-0.15, -0.1) is 0 Å². The van der Waals surface area contributed by atoms with Crippen molar-refractivity contribution in [1.29, 1.82) is 0 Å². The molecule has 0 aromatic carbocycles. The Kier molecular flexibility index (Phi) is 2.82. The number of hydrogen-bond acceptors (Lipinski definition) is 4. The van der Waals surface area contributed by atoms with Crippen LogP contribution in [0.1, 0.15) is 30.9 Å². The van der Waals surface area contributed by atoms with Gasteiger partial charge in [-0.1, -0.05) is 6.42 Å². The molecule has 4 heteroatoms. The average molecular weight is 231 g/mol. The second-order valence-electron chi connectivity index (χ2n) is 4.50. The number of piperidine rings is 1. The van der Waals surface area contributed by atoms with Crippen molar-refractivity contribution in [2.24, 2.45) is 0 Å². The molecule has 1 aliphatic rings. The fraction of sp³-hybridized carbons (Fsp3) is 0.462. The maximum absolute atomic E-state index is 5.42. The minimum atomic E-state index is 0.413. The first-order valence-corrected chi connectivity index (χ1v) is 6.15. The summed E-state index contributed by atoms with van der Waals surface area (Å²) in [5, 5.41) is 2.29. The van der Waals surface area contributed by atoms with Crippen molar-refractivity contribution in [2.45, 2.75) is 25.3 Å². The molecule has 2 aromatic rings. The van der Waals surface area contributed by atoms with Crippen LogP contribution >= 0.6 is 0 Å². The lowest BCUT2D eigenvalue weighted by Gasteiger charge is -2.34. The van der Waals surface area contributed by atoms with Crippen LogP contribution in [-0.4, -0.2) is 23.6 Å². The van der Waals surface area contributed by atoms with Crippen molar-refractivity contribution in [3.63, 3.8) is 0 Å². The molecule has 1 unspecified atom stereocenters. The minimum absolute atomic E-state index is 0.413. The van der Waals surface area contributed by atoms with Gasteiger partial charge in [-0.3, -0.25) is 10.4 Å². The van der Waals surface area contributed by atoms with Gasteiger partial charge in [0.25, 0.3) is 0 Å². The molecule has 1 N–H and O–H groups in total. The monoisotopic (exact) mass is 231 g/mol. The second kappa shape index (κ2) is 4.47. The van der Waals surface area contributed by atoms with E-state index in [1.165, 1.54) is 24.8 Å². The van der Waals surface area contributed by atoms with Crippen LogP contribution in [0.3, 0.4) is 0 Å². The third kappa shape index (κ3) is 1.94. The van der Waals surface area contributed by atoms with E-state index in [1.807, 2.05) is 19.3 Å². The largest absolute Gasteiger partial charge is 0.463 e. The van der Waals surface area contributed by atoms with Crippen LogP contribution in [0, 0.1) is 0 Å². The maximum atomic E-state index is 5.42. The van der Waals surface area contributed by atoms with Crippen LogP contribution in [-0.2, 0) is 0 Å². The van der Waals surface area contributed by atoms with E-state index >= 15 is 0 Å². The highest BCUT2D eigenvalue weighted by atomic mass is 16.3. The number of aromatic nitrogens is 1. The van der Waals surface area contributed by atoms with Crippen molar-refractivity contribution in [3.8, 4) is 0 Å². The smallest absolute Gasteiger partial charge is 0.152 e. The molecule has 1 fully saturated rings. The minimum Gasteiger partial charge on any atom is -0.463 e. The summed E-state index contributed by atoms with van der Waals surface area (Å²) in [6, 6.07) is 4.43. The van der Waals surface area contributed by atoms with Gasteiger partial charge in [-0.25, -0.2) is 5.01 Å². The van der Waals surface area contributed by atoms with Gasteiger partial charge in [0.05, 0.1) is 12.3 Å². The first-order chi connectivity index (χ1) is 8.38. The van der Waals surface area contributed by atoms with E-state index in [1.54, 1.807) is 6.26 Å². The van der Waals surface area contributed by atoms with E-state index in [-0.39, 0.29) is 0 Å². The third-order valence-corrected chi connectivity index (χ3v) is 3.50. The Labute approximate surface area is 101 Å². The van der Waals surface area contributed by atoms with Crippen LogP contribution in [0.15, 0.2) is 29.0 Å². The number of hydrazine groups is 1. The van der Waals surface area contributed by atoms with Crippen LogP contribution in [0.5, 0.6) is 0 Å². The topological polar surface area (TPSA) is 41.3 Å². The maximum Gasteiger partial charge on any atom is 0.152 e. The average Bonchev–Trinajstić information content (AvgIpc) is 2.85. The Bertz CT molecular complexity index is 508. The predicted molar refractivity (Wildman–Crippen MR) is 66.4 cm³/mol. The lowest BCUT2D eigenvalue weighted by Crippen LogP contribution is -2.41. The van der Waals surface area contributed by atoms with E-state index in [0.29, 0.717) is 6.04 Å². The SMILES string of the molecule is CNN1CCCCC1c1cnc2ccoc2c1. The van der Waals surface area contributed by atoms with Gasteiger partial charge in [0.2, 0.25) is 0 Å². The molecule has 1 saturated heterocycles. The Balaban J connectivity index is 1.95. The standard InChI is InChI=1S/C13H17N3O/c1-14-16-6-3-2-4-12(16)10-8-13-11(15-9-10)5-7-17-13/h5,7-9,12,14H,2-4,6H2,1H3. The van der Waals surface area contributed by atoms with E-state index in [0.717, 1.165) is 17.6 Å². The summed E-state index contributed by atoms with van der Waals surface area (Å²) in [5.41, 5.74) is 6.32. The molecular weight excluding hydrogens is 214 g/mol. The highest BCUT2D eigenvalue weighted by molar-refractivity contribution is 5.72. The molecule has 0 spiro atoms. The van der Waals surface area contributed by atoms with E-state index < -0.39 is 0 Å². The molecule has 1 aliphatic heterocycles. The Hall–Kier alpha value is -1.39. The predicted octanol–water partition coefficient (Wildman–Crippen LogP) is 2.49. The van der Waals surface area contributed by atoms with E-state index in [4.69, 9.17) is 4.42 Å². The first kappa shape index (κ1) is 10.7. The van der Waals surface area contributed by atoms with Crippen LogP contribution < -0.4 is 5.43 Å². The molecule has 3 rings (SSSR count). The molecular formula is C13H17N3O. The van der Waals surface area contributed by atoms with Crippen molar-refractivity contribution in [2.75, 3.05) is 13.6 Å². The summed E-state index contributed by atoms with van der Waals surface area (Å²) >= 11 is 0. The van der Waals surface area contributed by atoms with Crippen molar-refractivity contribution in [1.82, 2.24) is 15.4 Å². The molecule has 17 heavy (non-hydrogen) atoms. The lowest BCUT2D eigenvalue weighted by molar-refractivity contribution is 0.0983. The molecule has 1 atom stereocenters. The van der Waals surface area contributed by atoms with Crippen molar-refractivity contribution < 1.29 is 4.42 Å². The number of rotatable bonds is 2. The van der Waals surface area contributed by atoms with Gasteiger partial charge in [-0.05, 0) is 31.5 Å². The molecule has 0 saturated carbocycles. The number of pyridine rings is 1. The van der Waals surface area contributed by atoms with Gasteiger partial charge in [-0.2, -0.15) is 0 Å². The Morgan fingerprint density at radius 2 is 2.41 bits per heavy atom. The van der Waals surface area contributed by atoms with Gasteiger partial charge < -0.3 is 4.42 Å². The number of nitrogens with zero attached hydrogens (tertiary/aromatic N) is 2. The van der Waals surface area contributed by atoms with Gasteiger partial charge in [0, 0.05) is 18.8 Å². The molecule has 0 radical (unpaired) electrons. The molecule has 0 amide bonds. The number of hydrogen-bond donors (Lipinski definition) is 1. The fourth-order valence-electron chi connectivity index (χ4n) is 2.59. The van der Waals surface area contributed by atoms with Crippen molar-refractivity contribution >= 4 is 11.1 Å². The molecule has 3 heterocycles. The number of furan rings is 1. The number of nitrogens with one attached hydrogen (secondary N) is 1. The van der Waals surface area contributed by atoms with Crippen LogP contribution in [0.4, 0.5) is 0 Å². The lowest BCUT2D eigenvalue weighted by atomic mass is 9.98. The quantitative estimate of drug-likeness (QED) is 0.862. The van der Waals surface area contributed by atoms with Gasteiger partial charge in [0.1, 0.15) is 5.52 Å². The van der Waals surface area contributed by atoms with Crippen LogP contribution in [0.25, 0.3) is 11.1 Å². The summed E-state index contributed by atoms with van der Waals surface area (Å²) in [4.78, 5) is 4.44. The Morgan fingerprint density at radius 1 is 1.47 bits per heavy atom. The number of fused-ring (bicyclic) bond motifs is 1. The first-order valence-electron chi connectivity index (χ1n) is 6.15. The van der Waals surface area contributed by atoms with Crippen LogP contribution in [0.2, 0.25) is 0 Å². The fourth-order valence-corrected chi connectivity index (χ4v) is 2.59. The molecule has 0 aliphatic carbocycles. The molecule has 0 bridgehead atoms.